The first-order chi connectivity index (χ1) is 9.95. The van der Waals surface area contributed by atoms with Crippen LogP contribution in [0.3, 0.4) is 0 Å². The second-order valence-corrected chi connectivity index (χ2v) is 4.67. The van der Waals surface area contributed by atoms with E-state index in [2.05, 4.69) is 10.5 Å². The highest BCUT2D eigenvalue weighted by atomic mass is 19.4. The average molecular weight is 292 g/mol. The van der Waals surface area contributed by atoms with Crippen molar-refractivity contribution in [2.45, 2.75) is 13.1 Å². The van der Waals surface area contributed by atoms with Gasteiger partial charge in [0.05, 0.1) is 16.9 Å². The highest BCUT2D eigenvalue weighted by Crippen LogP contribution is 2.33. The minimum absolute atomic E-state index is 0.241. The molecule has 2 aromatic rings. The van der Waals surface area contributed by atoms with Crippen LogP contribution in [-0.2, 0) is 11.0 Å². The number of para-hydroxylation sites is 1. The smallest absolute Gasteiger partial charge is 0.361 e. The number of anilines is 1. The molecule has 0 amide bonds. The van der Waals surface area contributed by atoms with E-state index in [9.17, 15) is 13.2 Å². The summed E-state index contributed by atoms with van der Waals surface area (Å²) >= 11 is 0. The molecule has 0 aliphatic carbocycles. The lowest BCUT2D eigenvalue weighted by Gasteiger charge is -2.19. The lowest BCUT2D eigenvalue weighted by molar-refractivity contribution is -0.137. The maximum absolute atomic E-state index is 12.5. The molecule has 108 valence electrons. The van der Waals surface area contributed by atoms with Gasteiger partial charge >= 0.3 is 6.18 Å². The number of nitrogens with zero attached hydrogens (tertiary/aromatic N) is 1. The molecule has 21 heavy (non-hydrogen) atoms. The fourth-order valence-corrected chi connectivity index (χ4v) is 2.04. The lowest BCUT2D eigenvalue weighted by atomic mass is 10.1. The van der Waals surface area contributed by atoms with Crippen LogP contribution >= 0.6 is 0 Å². The molecule has 0 aromatic heterocycles. The Morgan fingerprint density at radius 2 is 1.76 bits per heavy atom. The molecule has 1 aliphatic rings. The van der Waals surface area contributed by atoms with E-state index in [4.69, 9.17) is 4.84 Å². The first kappa shape index (κ1) is 13.5. The van der Waals surface area contributed by atoms with Gasteiger partial charge in [0.1, 0.15) is 0 Å². The highest BCUT2D eigenvalue weighted by molar-refractivity contribution is 5.99. The summed E-state index contributed by atoms with van der Waals surface area (Å²) in [6, 6.07) is 10.3. The third-order valence-corrected chi connectivity index (χ3v) is 3.17. The van der Waals surface area contributed by atoms with Crippen LogP contribution in [0.5, 0.6) is 0 Å². The Labute approximate surface area is 119 Å². The Hall–Kier alpha value is -2.50. The number of alkyl halides is 3. The van der Waals surface area contributed by atoms with Crippen molar-refractivity contribution in [1.29, 1.82) is 0 Å². The summed E-state index contributed by atoms with van der Waals surface area (Å²) in [7, 11) is 0. The number of benzene rings is 2. The summed E-state index contributed by atoms with van der Waals surface area (Å²) in [5.74, 6) is 0.241. The fraction of sp³-hybridized carbons (Fsp3) is 0.133. The summed E-state index contributed by atoms with van der Waals surface area (Å²) in [5.41, 5.74) is 4.92. The Kier molecular flexibility index (Phi) is 3.08. The van der Waals surface area contributed by atoms with Crippen molar-refractivity contribution < 1.29 is 18.0 Å². The normalized spacial score (nSPS) is 13.8. The van der Waals surface area contributed by atoms with Crippen molar-refractivity contribution in [3.63, 3.8) is 0 Å². The molecule has 1 N–H and O–H groups in total. The molecule has 1 aliphatic heterocycles. The van der Waals surface area contributed by atoms with Gasteiger partial charge < -0.3 is 4.84 Å². The van der Waals surface area contributed by atoms with E-state index in [1.54, 1.807) is 0 Å². The van der Waals surface area contributed by atoms with Gasteiger partial charge in [-0.1, -0.05) is 12.1 Å². The summed E-state index contributed by atoms with van der Waals surface area (Å²) in [6.07, 6.45) is -4.35. The third kappa shape index (κ3) is 2.56. The zero-order valence-electron chi connectivity index (χ0n) is 11.0. The van der Waals surface area contributed by atoms with Crippen molar-refractivity contribution in [3.8, 4) is 0 Å². The van der Waals surface area contributed by atoms with E-state index in [1.807, 2.05) is 25.1 Å². The Balaban J connectivity index is 1.97. The van der Waals surface area contributed by atoms with Crippen molar-refractivity contribution in [2.75, 3.05) is 5.48 Å². The molecule has 1 heterocycles. The van der Waals surface area contributed by atoms with E-state index in [0.29, 0.717) is 5.56 Å². The molecule has 0 saturated carbocycles. The summed E-state index contributed by atoms with van der Waals surface area (Å²) in [6.45, 7) is 1.90. The van der Waals surface area contributed by atoms with E-state index < -0.39 is 11.7 Å². The predicted molar refractivity (Wildman–Crippen MR) is 73.5 cm³/mol. The zero-order chi connectivity index (χ0) is 15.0. The third-order valence-electron chi connectivity index (χ3n) is 3.17. The number of rotatable bonds is 1. The summed E-state index contributed by atoms with van der Waals surface area (Å²) in [4.78, 5) is 9.65. The molecule has 0 fully saturated rings. The molecule has 0 unspecified atom stereocenters. The Bertz CT molecular complexity index is 706. The van der Waals surface area contributed by atoms with Crippen LogP contribution < -0.4 is 5.48 Å². The van der Waals surface area contributed by atoms with Gasteiger partial charge in [-0.15, -0.1) is 0 Å². The Morgan fingerprint density at radius 1 is 1.05 bits per heavy atom. The SMILES string of the molecule is Cc1cccc2c1N=C(c1ccc(C(F)(F)F)cc1)ON2. The molecular weight excluding hydrogens is 281 g/mol. The number of hydrogen-bond acceptors (Lipinski definition) is 3. The van der Waals surface area contributed by atoms with Crippen molar-refractivity contribution in [1.82, 2.24) is 0 Å². The van der Waals surface area contributed by atoms with Gasteiger partial charge in [-0.25, -0.2) is 10.5 Å². The molecule has 0 bridgehead atoms. The molecule has 3 nitrogen and oxygen atoms in total. The Morgan fingerprint density at radius 3 is 2.43 bits per heavy atom. The number of hydrogen-bond donors (Lipinski definition) is 1. The van der Waals surface area contributed by atoms with Gasteiger partial charge in [0, 0.05) is 5.56 Å². The van der Waals surface area contributed by atoms with Gasteiger partial charge in [0.15, 0.2) is 0 Å². The largest absolute Gasteiger partial charge is 0.416 e. The van der Waals surface area contributed by atoms with Crippen molar-refractivity contribution in [2.24, 2.45) is 4.99 Å². The van der Waals surface area contributed by atoms with Gasteiger partial charge in [-0.05, 0) is 42.8 Å². The second-order valence-electron chi connectivity index (χ2n) is 4.67. The fourth-order valence-electron chi connectivity index (χ4n) is 2.04. The molecular formula is C15H11F3N2O. The maximum atomic E-state index is 12.5. The van der Waals surface area contributed by atoms with Gasteiger partial charge in [0.25, 0.3) is 5.90 Å². The quantitative estimate of drug-likeness (QED) is 0.842. The summed E-state index contributed by atoms with van der Waals surface area (Å²) in [5, 5.41) is 0. The van der Waals surface area contributed by atoms with E-state index in [1.165, 1.54) is 12.1 Å². The molecule has 3 rings (SSSR count). The van der Waals surface area contributed by atoms with Crippen LogP contribution in [0.25, 0.3) is 0 Å². The summed E-state index contributed by atoms with van der Waals surface area (Å²) < 4.78 is 37.6. The minimum atomic E-state index is -4.35. The zero-order valence-corrected chi connectivity index (χ0v) is 11.0. The number of aryl methyl sites for hydroxylation is 1. The second kappa shape index (κ2) is 4.80. The maximum Gasteiger partial charge on any atom is 0.416 e. The van der Waals surface area contributed by atoms with E-state index >= 15 is 0 Å². The van der Waals surface area contributed by atoms with Crippen LogP contribution in [0.4, 0.5) is 24.5 Å². The average Bonchev–Trinajstić information content (AvgIpc) is 2.47. The first-order valence-electron chi connectivity index (χ1n) is 6.24. The molecule has 0 saturated heterocycles. The van der Waals surface area contributed by atoms with Crippen LogP contribution in [0.15, 0.2) is 47.5 Å². The van der Waals surface area contributed by atoms with Crippen LogP contribution in [-0.4, -0.2) is 5.90 Å². The predicted octanol–water partition coefficient (Wildman–Crippen LogP) is 4.45. The number of halogens is 3. The minimum Gasteiger partial charge on any atom is -0.361 e. The van der Waals surface area contributed by atoms with Crippen LogP contribution in [0.2, 0.25) is 0 Å². The number of fused-ring (bicyclic) bond motifs is 1. The molecule has 0 spiro atoms. The van der Waals surface area contributed by atoms with Crippen molar-refractivity contribution in [3.05, 3.63) is 59.2 Å². The van der Waals surface area contributed by atoms with E-state index in [-0.39, 0.29) is 5.90 Å². The van der Waals surface area contributed by atoms with E-state index in [0.717, 1.165) is 29.1 Å². The number of aliphatic imine (C=N–C) groups is 1. The van der Waals surface area contributed by atoms with Crippen LogP contribution in [0, 0.1) is 6.92 Å². The molecule has 0 atom stereocenters. The molecule has 2 aromatic carbocycles. The monoisotopic (exact) mass is 292 g/mol. The first-order valence-corrected chi connectivity index (χ1v) is 6.24. The van der Waals surface area contributed by atoms with Crippen LogP contribution in [0.1, 0.15) is 16.7 Å². The van der Waals surface area contributed by atoms with Gasteiger partial charge in [-0.2, -0.15) is 13.2 Å². The van der Waals surface area contributed by atoms with Gasteiger partial charge in [-0.3, -0.25) is 0 Å². The topological polar surface area (TPSA) is 33.6 Å². The van der Waals surface area contributed by atoms with Gasteiger partial charge in [0.2, 0.25) is 0 Å². The molecule has 0 radical (unpaired) electrons. The molecule has 6 heteroatoms. The number of nitrogens with one attached hydrogen (secondary N) is 1. The highest BCUT2D eigenvalue weighted by Gasteiger charge is 2.30. The standard InChI is InChI=1S/C15H11F3N2O/c1-9-3-2-4-12-13(9)19-14(21-20-12)10-5-7-11(8-6-10)15(16,17)18/h2-8,20H,1H3. The lowest BCUT2D eigenvalue weighted by Crippen LogP contribution is -2.16. The van der Waals surface area contributed by atoms with Crippen molar-refractivity contribution >= 4 is 17.3 Å².